The van der Waals surface area contributed by atoms with Gasteiger partial charge < -0.3 is 24.8 Å². The number of halogens is 1. The van der Waals surface area contributed by atoms with Gasteiger partial charge in [0.2, 0.25) is 5.79 Å². The van der Waals surface area contributed by atoms with Gasteiger partial charge in [-0.3, -0.25) is 0 Å². The predicted octanol–water partition coefficient (Wildman–Crippen LogP) is 5.19. The van der Waals surface area contributed by atoms with Crippen molar-refractivity contribution in [2.75, 3.05) is 18.5 Å². The minimum Gasteiger partial charge on any atom is -0.352 e. The molecule has 8 nitrogen and oxygen atoms in total. The summed E-state index contributed by atoms with van der Waals surface area (Å²) in [5.41, 5.74) is 0.158. The number of para-hydroxylation sites is 1. The summed E-state index contributed by atoms with van der Waals surface area (Å²) in [6.45, 7) is 7.39. The molecule has 8 atom stereocenters. The summed E-state index contributed by atoms with van der Waals surface area (Å²) < 4.78 is 19.8. The maximum Gasteiger partial charge on any atom is 0.319 e. The summed E-state index contributed by atoms with van der Waals surface area (Å²) in [5, 5.41) is 5.71. The third-order valence-electron chi connectivity index (χ3n) is 8.11. The molecule has 5 aliphatic rings. The van der Waals surface area contributed by atoms with Crippen molar-refractivity contribution < 1.29 is 28.8 Å². The van der Waals surface area contributed by atoms with Crippen LogP contribution in [0.25, 0.3) is 0 Å². The lowest BCUT2D eigenvalue weighted by Gasteiger charge is -2.60. The third kappa shape index (κ3) is 4.40. The number of urea groups is 1. The van der Waals surface area contributed by atoms with Gasteiger partial charge in [-0.15, -0.1) is 0 Å². The quantitative estimate of drug-likeness (QED) is 0.383. The molecule has 0 radical (unpaired) electrons. The highest BCUT2D eigenvalue weighted by Gasteiger charge is 2.69. The number of hydrogen-bond acceptors (Lipinski definition) is 6. The average molecular weight is 539 g/mol. The molecule has 0 unspecified atom stereocenters. The molecule has 0 aromatic heterocycles. The van der Waals surface area contributed by atoms with Gasteiger partial charge >= 0.3 is 6.03 Å². The second-order valence-corrected chi connectivity index (χ2v) is 11.2. The van der Waals surface area contributed by atoms with Crippen molar-refractivity contribution in [3.05, 3.63) is 28.7 Å². The molecule has 4 aliphatic heterocycles. The van der Waals surface area contributed by atoms with Gasteiger partial charge in [0, 0.05) is 29.3 Å². The molecular formula is C25H35BrN2O6. The molecule has 2 N–H and O–H groups in total. The van der Waals surface area contributed by atoms with Gasteiger partial charge in [0.1, 0.15) is 0 Å². The fourth-order valence-electron chi connectivity index (χ4n) is 6.27. The lowest BCUT2D eigenvalue weighted by Crippen LogP contribution is -2.70. The molecule has 1 spiro atoms. The predicted molar refractivity (Wildman–Crippen MR) is 129 cm³/mol. The Bertz CT molecular complexity index is 904. The lowest BCUT2D eigenvalue weighted by molar-refractivity contribution is -0.577. The average Bonchev–Trinajstić information content (AvgIpc) is 3.04. The Balaban J connectivity index is 1.15. The van der Waals surface area contributed by atoms with Gasteiger partial charge in [0.05, 0.1) is 12.3 Å². The Morgan fingerprint density at radius 3 is 2.82 bits per heavy atom. The van der Waals surface area contributed by atoms with E-state index in [4.69, 9.17) is 24.0 Å². The Kier molecular flexibility index (Phi) is 6.96. The summed E-state index contributed by atoms with van der Waals surface area (Å²) in [5.74, 6) is 0.485. The van der Waals surface area contributed by atoms with Crippen LogP contribution in [0, 0.1) is 23.7 Å². The molecule has 6 rings (SSSR count). The van der Waals surface area contributed by atoms with E-state index in [1.54, 1.807) is 0 Å². The number of benzene rings is 1. The summed E-state index contributed by atoms with van der Waals surface area (Å²) >= 11 is 3.43. The molecule has 188 valence electrons. The van der Waals surface area contributed by atoms with Crippen LogP contribution in [0.15, 0.2) is 28.7 Å². The monoisotopic (exact) mass is 538 g/mol. The van der Waals surface area contributed by atoms with Crippen molar-refractivity contribution >= 4 is 27.6 Å². The third-order valence-corrected chi connectivity index (χ3v) is 8.80. The number of nitrogens with one attached hydrogen (secondary N) is 2. The van der Waals surface area contributed by atoms with Gasteiger partial charge in [0.15, 0.2) is 18.2 Å². The molecule has 1 aromatic rings. The van der Waals surface area contributed by atoms with E-state index in [9.17, 15) is 4.79 Å². The number of carbonyl (C=O) groups is 1. The van der Waals surface area contributed by atoms with Crippen LogP contribution in [-0.2, 0) is 24.0 Å². The van der Waals surface area contributed by atoms with Crippen molar-refractivity contribution in [2.24, 2.45) is 23.7 Å². The molecule has 4 heterocycles. The molecule has 4 saturated heterocycles. The van der Waals surface area contributed by atoms with Crippen molar-refractivity contribution in [3.63, 3.8) is 0 Å². The first-order valence-electron chi connectivity index (χ1n) is 12.4. The van der Waals surface area contributed by atoms with E-state index in [0.29, 0.717) is 31.4 Å². The van der Waals surface area contributed by atoms with Crippen molar-refractivity contribution in [3.8, 4) is 0 Å². The molecule has 9 heteroatoms. The van der Waals surface area contributed by atoms with Crippen LogP contribution >= 0.6 is 15.9 Å². The van der Waals surface area contributed by atoms with Crippen molar-refractivity contribution in [2.45, 2.75) is 76.8 Å². The molecule has 1 aliphatic carbocycles. The van der Waals surface area contributed by atoms with Crippen LogP contribution < -0.4 is 10.6 Å². The van der Waals surface area contributed by atoms with Crippen LogP contribution in [0.1, 0.15) is 52.9 Å². The summed E-state index contributed by atoms with van der Waals surface area (Å²) in [7, 11) is 0. The number of rotatable bonds is 6. The number of carbonyl (C=O) groups excluding carboxylic acids is 1. The van der Waals surface area contributed by atoms with E-state index in [2.05, 4.69) is 40.4 Å². The minimum absolute atomic E-state index is 0.146. The number of fused-ring (bicyclic) bond motifs is 2. The Labute approximate surface area is 209 Å². The first-order valence-corrected chi connectivity index (χ1v) is 13.2. The maximum atomic E-state index is 12.2. The minimum atomic E-state index is -0.784. The largest absolute Gasteiger partial charge is 0.352 e. The molecule has 2 amide bonds. The number of anilines is 1. The van der Waals surface area contributed by atoms with E-state index in [1.807, 2.05) is 31.2 Å². The lowest BCUT2D eigenvalue weighted by atomic mass is 9.58. The number of amides is 2. The normalized spacial score (nSPS) is 40.8. The van der Waals surface area contributed by atoms with E-state index >= 15 is 0 Å². The zero-order valence-corrected chi connectivity index (χ0v) is 21.6. The van der Waals surface area contributed by atoms with E-state index in [1.165, 1.54) is 0 Å². The first-order chi connectivity index (χ1) is 16.3. The second-order valence-electron chi connectivity index (χ2n) is 10.4. The highest BCUT2D eigenvalue weighted by atomic mass is 79.9. The highest BCUT2D eigenvalue weighted by molar-refractivity contribution is 9.10. The van der Waals surface area contributed by atoms with Gasteiger partial charge in [-0.2, -0.15) is 0 Å². The zero-order chi connectivity index (χ0) is 23.9. The summed E-state index contributed by atoms with van der Waals surface area (Å²) in [6, 6.07) is 7.26. The maximum absolute atomic E-state index is 12.2. The fourth-order valence-corrected chi connectivity index (χ4v) is 6.65. The highest BCUT2D eigenvalue weighted by Crippen LogP contribution is 2.60. The van der Waals surface area contributed by atoms with Gasteiger partial charge in [0.25, 0.3) is 0 Å². The van der Waals surface area contributed by atoms with E-state index in [0.717, 1.165) is 35.8 Å². The SMILES string of the molecule is C[C@H]1[C@H](OCCCNC(=O)Nc2ccccc2Br)O[C@@H]2O[C@]3(C)CC[C@H]4[C@H](C)CC[C@@H]1[C@@]24OO3. The number of hydrogen-bond donors (Lipinski definition) is 2. The molecular weight excluding hydrogens is 504 g/mol. The van der Waals surface area contributed by atoms with Crippen LogP contribution in [0.2, 0.25) is 0 Å². The van der Waals surface area contributed by atoms with E-state index in [-0.39, 0.29) is 24.2 Å². The topological polar surface area (TPSA) is 87.3 Å². The Hall–Kier alpha value is -1.23. The second kappa shape index (κ2) is 9.67. The van der Waals surface area contributed by atoms with Crippen LogP contribution in [0.5, 0.6) is 0 Å². The van der Waals surface area contributed by atoms with Crippen molar-refractivity contribution in [1.82, 2.24) is 5.32 Å². The molecule has 2 bridgehead atoms. The zero-order valence-electron chi connectivity index (χ0n) is 20.1. The smallest absolute Gasteiger partial charge is 0.319 e. The molecule has 34 heavy (non-hydrogen) atoms. The molecule has 5 fully saturated rings. The number of ether oxygens (including phenoxy) is 3. The molecule has 1 aromatic carbocycles. The van der Waals surface area contributed by atoms with Crippen LogP contribution in [0.4, 0.5) is 10.5 Å². The summed E-state index contributed by atoms with van der Waals surface area (Å²) in [6.07, 6.45) is 3.81. The van der Waals surface area contributed by atoms with Crippen LogP contribution in [0.3, 0.4) is 0 Å². The fraction of sp³-hybridized carbons (Fsp3) is 0.720. The van der Waals surface area contributed by atoms with Crippen LogP contribution in [-0.4, -0.2) is 43.2 Å². The van der Waals surface area contributed by atoms with Crippen molar-refractivity contribution in [1.29, 1.82) is 0 Å². The van der Waals surface area contributed by atoms with E-state index < -0.39 is 17.7 Å². The van der Waals surface area contributed by atoms with Gasteiger partial charge in [-0.25, -0.2) is 14.6 Å². The van der Waals surface area contributed by atoms with Gasteiger partial charge in [-0.05, 0) is 72.5 Å². The Morgan fingerprint density at radius 1 is 1.18 bits per heavy atom. The Morgan fingerprint density at radius 2 is 2.00 bits per heavy atom. The first kappa shape index (κ1) is 24.5. The molecule has 1 saturated carbocycles. The van der Waals surface area contributed by atoms with Gasteiger partial charge in [-0.1, -0.05) is 26.0 Å². The summed E-state index contributed by atoms with van der Waals surface area (Å²) in [4.78, 5) is 24.2. The standard InChI is InChI=1S/C25H35BrN2O6/c1-15-9-10-18-16(2)21(31-22-25(18)17(15)11-12-24(3,32-22)33-34-25)30-14-6-13-27-23(29)28-20-8-5-4-7-19(20)26/h4-5,7-8,15-18,21-22H,6,9-14H2,1-3H3,(H2,27,28,29)/t15-,16-,17+,18+,21-,22-,24+,25-/m1/s1.